The molecule has 29 heavy (non-hydrogen) atoms. The van der Waals surface area contributed by atoms with E-state index in [2.05, 4.69) is 91.0 Å². The molecule has 0 bridgehead atoms. The summed E-state index contributed by atoms with van der Waals surface area (Å²) in [5, 5.41) is 4.73. The lowest BCUT2D eigenvalue weighted by Gasteiger charge is -2.27. The smallest absolute Gasteiger partial charge is 0.0840 e. The van der Waals surface area contributed by atoms with E-state index in [0.717, 1.165) is 17.0 Å². The van der Waals surface area contributed by atoms with Crippen LogP contribution in [0.25, 0.3) is 0 Å². The van der Waals surface area contributed by atoms with E-state index < -0.39 is 7.26 Å². The maximum atomic E-state index is 6.86. The normalized spacial score (nSPS) is 11.4. The number of alkyl halides is 1. The Bertz CT molecular complexity index is 1040. The summed E-state index contributed by atoms with van der Waals surface area (Å²) >= 11 is 13.3. The van der Waals surface area contributed by atoms with Crippen molar-refractivity contribution in [2.24, 2.45) is 0 Å². The zero-order valence-electron chi connectivity index (χ0n) is 16.0. The van der Waals surface area contributed by atoms with E-state index >= 15 is 0 Å². The Kier molecular flexibility index (Phi) is 6.36. The molecule has 4 rings (SSSR count). The predicted octanol–water partition coefficient (Wildman–Crippen LogP) is 6.42. The summed E-state index contributed by atoms with van der Waals surface area (Å²) < 4.78 is 0. The molecular formula is C26H22Cl2P+. The number of hydrogen-bond donors (Lipinski definition) is 0. The van der Waals surface area contributed by atoms with Gasteiger partial charge in [0.1, 0.15) is 28.8 Å². The molecule has 0 radical (unpaired) electrons. The van der Waals surface area contributed by atoms with Crippen molar-refractivity contribution in [1.82, 2.24) is 0 Å². The van der Waals surface area contributed by atoms with E-state index in [4.69, 9.17) is 23.2 Å². The van der Waals surface area contributed by atoms with Crippen LogP contribution in [0, 0.1) is 0 Å². The third-order valence-electron chi connectivity index (χ3n) is 5.31. The Morgan fingerprint density at radius 3 is 1.59 bits per heavy atom. The summed E-state index contributed by atoms with van der Waals surface area (Å²) in [6.45, 7) is 0. The summed E-state index contributed by atoms with van der Waals surface area (Å²) in [7, 11) is -2.00. The highest BCUT2D eigenvalue weighted by atomic mass is 35.5. The fraction of sp³-hybridized carbons (Fsp3) is 0.0769. The second-order valence-corrected chi connectivity index (χ2v) is 11.5. The Hall–Kier alpha value is -2.11. The van der Waals surface area contributed by atoms with Crippen molar-refractivity contribution < 1.29 is 0 Å². The van der Waals surface area contributed by atoms with Gasteiger partial charge in [-0.05, 0) is 47.5 Å². The van der Waals surface area contributed by atoms with Crippen molar-refractivity contribution in [3.05, 3.63) is 125 Å². The Morgan fingerprint density at radius 1 is 0.552 bits per heavy atom. The second-order valence-electron chi connectivity index (χ2n) is 7.00. The molecule has 0 aliphatic carbocycles. The van der Waals surface area contributed by atoms with Crippen LogP contribution in [0.1, 0.15) is 11.1 Å². The van der Waals surface area contributed by atoms with Crippen molar-refractivity contribution in [1.29, 1.82) is 0 Å². The maximum Gasteiger partial charge on any atom is 0.146 e. The average molecular weight is 436 g/mol. The highest BCUT2D eigenvalue weighted by molar-refractivity contribution is 7.96. The summed E-state index contributed by atoms with van der Waals surface area (Å²) in [5.74, 6) is 0. The maximum absolute atomic E-state index is 6.86. The average Bonchev–Trinajstić information content (AvgIpc) is 2.79. The van der Waals surface area contributed by atoms with E-state index in [-0.39, 0.29) is 0 Å². The quantitative estimate of drug-likeness (QED) is 0.242. The zero-order valence-corrected chi connectivity index (χ0v) is 18.4. The van der Waals surface area contributed by atoms with E-state index in [9.17, 15) is 0 Å². The molecular weight excluding hydrogens is 414 g/mol. The SMILES string of the molecule is ClC[P+](c1ccccc1)(c1ccccc1)c1ccccc1Cc1ccccc1Cl. The van der Waals surface area contributed by atoms with Gasteiger partial charge in [0.2, 0.25) is 0 Å². The molecule has 0 spiro atoms. The molecule has 4 aromatic rings. The molecule has 0 aliphatic rings. The van der Waals surface area contributed by atoms with Gasteiger partial charge in [-0.25, -0.2) is 0 Å². The van der Waals surface area contributed by atoms with Crippen LogP contribution in [0.4, 0.5) is 0 Å². The van der Waals surface area contributed by atoms with E-state index in [1.165, 1.54) is 21.5 Å². The first kappa shape index (κ1) is 20.2. The van der Waals surface area contributed by atoms with Crippen molar-refractivity contribution in [2.45, 2.75) is 6.42 Å². The predicted molar refractivity (Wildman–Crippen MR) is 130 cm³/mol. The van der Waals surface area contributed by atoms with Crippen LogP contribution in [0.5, 0.6) is 0 Å². The fourth-order valence-corrected chi connectivity index (χ4v) is 8.90. The molecule has 0 saturated heterocycles. The molecule has 3 heteroatoms. The van der Waals surface area contributed by atoms with Crippen molar-refractivity contribution >= 4 is 46.4 Å². The minimum atomic E-state index is -2.00. The Balaban J connectivity index is 1.94. The lowest BCUT2D eigenvalue weighted by Crippen LogP contribution is -2.34. The van der Waals surface area contributed by atoms with Gasteiger partial charge in [0.05, 0.1) is 0 Å². The largest absolute Gasteiger partial charge is 0.146 e. The Labute approximate surface area is 183 Å². The van der Waals surface area contributed by atoms with Crippen molar-refractivity contribution in [2.75, 3.05) is 5.62 Å². The summed E-state index contributed by atoms with van der Waals surface area (Å²) in [6.07, 6.45) is 0.786. The van der Waals surface area contributed by atoms with Crippen molar-refractivity contribution in [3.63, 3.8) is 0 Å². The number of rotatable bonds is 6. The summed E-state index contributed by atoms with van der Waals surface area (Å²) in [6, 6.07) is 38.2. The molecule has 0 aliphatic heterocycles. The van der Waals surface area contributed by atoms with Crippen LogP contribution in [-0.2, 0) is 6.42 Å². The highest BCUT2D eigenvalue weighted by Crippen LogP contribution is 2.56. The van der Waals surface area contributed by atoms with Gasteiger partial charge >= 0.3 is 0 Å². The zero-order chi connectivity index (χ0) is 20.1. The van der Waals surface area contributed by atoms with E-state index in [1.54, 1.807) is 0 Å². The number of hydrogen-bond acceptors (Lipinski definition) is 0. The standard InChI is InChI=1S/C26H22Cl2P/c27-20-29(23-13-3-1-4-14-23,24-15-5-2-6-16-24)26-18-10-8-12-22(26)19-21-11-7-9-17-25(21)28/h1-18H,19-20H2/q+1. The molecule has 0 saturated carbocycles. The van der Waals surface area contributed by atoms with Gasteiger partial charge in [-0.3, -0.25) is 0 Å². The van der Waals surface area contributed by atoms with Gasteiger partial charge in [0.25, 0.3) is 0 Å². The van der Waals surface area contributed by atoms with Gasteiger partial charge in [-0.1, -0.05) is 96.0 Å². The van der Waals surface area contributed by atoms with Crippen LogP contribution in [0.2, 0.25) is 5.02 Å². The first-order valence-electron chi connectivity index (χ1n) is 9.63. The Morgan fingerprint density at radius 2 is 1.03 bits per heavy atom. The van der Waals surface area contributed by atoms with Gasteiger partial charge < -0.3 is 0 Å². The molecule has 0 fully saturated rings. The first-order chi connectivity index (χ1) is 14.3. The van der Waals surface area contributed by atoms with Gasteiger partial charge in [-0.2, -0.15) is 0 Å². The van der Waals surface area contributed by atoms with Crippen LogP contribution < -0.4 is 15.9 Å². The molecule has 0 atom stereocenters. The minimum absolute atomic E-state index is 0.556. The highest BCUT2D eigenvalue weighted by Gasteiger charge is 2.46. The van der Waals surface area contributed by atoms with Gasteiger partial charge in [0.15, 0.2) is 0 Å². The number of halogens is 2. The molecule has 0 amide bonds. The van der Waals surface area contributed by atoms with Crippen LogP contribution in [0.15, 0.2) is 109 Å². The minimum Gasteiger partial charge on any atom is -0.0840 e. The monoisotopic (exact) mass is 435 g/mol. The first-order valence-corrected chi connectivity index (χ1v) is 12.5. The third kappa shape index (κ3) is 3.99. The van der Waals surface area contributed by atoms with Crippen LogP contribution in [-0.4, -0.2) is 5.62 Å². The molecule has 4 aromatic carbocycles. The molecule has 0 aromatic heterocycles. The van der Waals surface area contributed by atoms with Crippen LogP contribution in [0.3, 0.4) is 0 Å². The van der Waals surface area contributed by atoms with Crippen LogP contribution >= 0.6 is 30.5 Å². The number of benzene rings is 4. The molecule has 0 unspecified atom stereocenters. The lowest BCUT2D eigenvalue weighted by atomic mass is 10.1. The fourth-order valence-electron chi connectivity index (χ4n) is 3.87. The topological polar surface area (TPSA) is 0 Å². The molecule has 144 valence electrons. The summed E-state index contributed by atoms with van der Waals surface area (Å²) in [4.78, 5) is 0. The molecule has 0 heterocycles. The van der Waals surface area contributed by atoms with Gasteiger partial charge in [0, 0.05) is 11.4 Å². The molecule has 0 nitrogen and oxygen atoms in total. The van der Waals surface area contributed by atoms with Gasteiger partial charge in [-0.15, -0.1) is 0 Å². The summed E-state index contributed by atoms with van der Waals surface area (Å²) in [5.41, 5.74) is 2.97. The second kappa shape index (κ2) is 9.14. The van der Waals surface area contributed by atoms with Crippen molar-refractivity contribution in [3.8, 4) is 0 Å². The third-order valence-corrected chi connectivity index (χ3v) is 10.7. The van der Waals surface area contributed by atoms with E-state index in [1.807, 2.05) is 18.2 Å². The molecule has 0 N–H and O–H groups in total. The van der Waals surface area contributed by atoms with E-state index in [0.29, 0.717) is 5.62 Å². The lowest BCUT2D eigenvalue weighted by molar-refractivity contribution is 1.21.